The van der Waals surface area contributed by atoms with Crippen molar-refractivity contribution in [3.63, 3.8) is 0 Å². The Morgan fingerprint density at radius 2 is 1.88 bits per heavy atom. The van der Waals surface area contributed by atoms with Gasteiger partial charge >= 0.3 is 0 Å². The molecular formula is C14H23FN2. The van der Waals surface area contributed by atoms with Gasteiger partial charge in [0, 0.05) is 19.6 Å². The van der Waals surface area contributed by atoms with E-state index in [2.05, 4.69) is 24.5 Å². The van der Waals surface area contributed by atoms with Gasteiger partial charge in [-0.3, -0.25) is 0 Å². The molecule has 0 amide bonds. The fraction of sp³-hybridized carbons (Fsp3) is 0.571. The largest absolute Gasteiger partial charge is 0.315 e. The molecule has 0 aliphatic carbocycles. The van der Waals surface area contributed by atoms with Gasteiger partial charge < -0.3 is 10.6 Å². The molecule has 17 heavy (non-hydrogen) atoms. The number of benzene rings is 1. The molecule has 0 aliphatic rings. The number of halogens is 1. The molecule has 0 radical (unpaired) electrons. The van der Waals surface area contributed by atoms with E-state index in [1.54, 1.807) is 13.0 Å². The van der Waals surface area contributed by atoms with Crippen LogP contribution in [0.4, 0.5) is 4.39 Å². The molecule has 0 bridgehead atoms. The monoisotopic (exact) mass is 238 g/mol. The van der Waals surface area contributed by atoms with Gasteiger partial charge in [0.2, 0.25) is 0 Å². The van der Waals surface area contributed by atoms with Crippen molar-refractivity contribution in [1.29, 1.82) is 0 Å². The van der Waals surface area contributed by atoms with Crippen molar-refractivity contribution in [2.75, 3.05) is 19.6 Å². The lowest BCUT2D eigenvalue weighted by molar-refractivity contribution is 0.534. The number of nitrogens with one attached hydrogen (secondary N) is 2. The van der Waals surface area contributed by atoms with Crippen molar-refractivity contribution in [1.82, 2.24) is 10.6 Å². The molecule has 0 saturated heterocycles. The molecule has 0 saturated carbocycles. The number of rotatable bonds is 7. The quantitative estimate of drug-likeness (QED) is 0.713. The first-order valence-corrected chi connectivity index (χ1v) is 6.26. The van der Waals surface area contributed by atoms with E-state index < -0.39 is 0 Å². The van der Waals surface area contributed by atoms with Crippen molar-refractivity contribution >= 4 is 0 Å². The first-order valence-electron chi connectivity index (χ1n) is 6.26. The van der Waals surface area contributed by atoms with E-state index in [0.29, 0.717) is 11.5 Å². The molecular weight excluding hydrogens is 215 g/mol. The summed E-state index contributed by atoms with van der Waals surface area (Å²) in [4.78, 5) is 0. The van der Waals surface area contributed by atoms with Crippen molar-refractivity contribution in [3.05, 3.63) is 35.1 Å². The molecule has 2 N–H and O–H groups in total. The summed E-state index contributed by atoms with van der Waals surface area (Å²) < 4.78 is 13.3. The number of aryl methyl sites for hydroxylation is 1. The van der Waals surface area contributed by atoms with Crippen LogP contribution in [0.3, 0.4) is 0 Å². The van der Waals surface area contributed by atoms with Gasteiger partial charge in [-0.25, -0.2) is 4.39 Å². The van der Waals surface area contributed by atoms with E-state index in [1.165, 1.54) is 0 Å². The van der Waals surface area contributed by atoms with E-state index in [1.807, 2.05) is 12.1 Å². The maximum Gasteiger partial charge on any atom is 0.126 e. The van der Waals surface area contributed by atoms with Crippen molar-refractivity contribution in [2.45, 2.75) is 27.3 Å². The van der Waals surface area contributed by atoms with E-state index in [0.717, 1.165) is 31.7 Å². The minimum absolute atomic E-state index is 0.123. The molecule has 0 aliphatic heterocycles. The first-order chi connectivity index (χ1) is 8.09. The fourth-order valence-electron chi connectivity index (χ4n) is 1.55. The summed E-state index contributed by atoms with van der Waals surface area (Å²) in [6.07, 6.45) is 0. The van der Waals surface area contributed by atoms with Crippen LogP contribution < -0.4 is 10.6 Å². The summed E-state index contributed by atoms with van der Waals surface area (Å²) in [5.74, 6) is 0.559. The molecule has 96 valence electrons. The zero-order chi connectivity index (χ0) is 12.7. The average Bonchev–Trinajstić information content (AvgIpc) is 2.27. The van der Waals surface area contributed by atoms with Gasteiger partial charge in [-0.1, -0.05) is 26.0 Å². The van der Waals surface area contributed by atoms with E-state index in [-0.39, 0.29) is 5.82 Å². The molecule has 1 aromatic rings. The third-order valence-corrected chi connectivity index (χ3v) is 2.60. The lowest BCUT2D eigenvalue weighted by atomic mass is 10.1. The topological polar surface area (TPSA) is 24.1 Å². The average molecular weight is 238 g/mol. The molecule has 1 aromatic carbocycles. The molecule has 2 nitrogen and oxygen atoms in total. The summed E-state index contributed by atoms with van der Waals surface area (Å²) in [7, 11) is 0. The molecule has 0 unspecified atom stereocenters. The highest BCUT2D eigenvalue weighted by atomic mass is 19.1. The van der Waals surface area contributed by atoms with Crippen LogP contribution in [-0.4, -0.2) is 19.6 Å². The fourth-order valence-corrected chi connectivity index (χ4v) is 1.55. The SMILES string of the molecule is Cc1ccc(CNCCNCC(C)C)cc1F. The lowest BCUT2D eigenvalue weighted by Gasteiger charge is -2.09. The Bertz CT molecular complexity index is 337. The Morgan fingerprint density at radius 3 is 2.53 bits per heavy atom. The number of hydrogen-bond acceptors (Lipinski definition) is 2. The van der Waals surface area contributed by atoms with Crippen LogP contribution in [0, 0.1) is 18.7 Å². The summed E-state index contributed by atoms with van der Waals surface area (Å²) in [5, 5.41) is 6.65. The van der Waals surface area contributed by atoms with Gasteiger partial charge in [0.05, 0.1) is 0 Å². The zero-order valence-corrected chi connectivity index (χ0v) is 11.0. The van der Waals surface area contributed by atoms with Crippen LogP contribution >= 0.6 is 0 Å². The van der Waals surface area contributed by atoms with Crippen LogP contribution in [0.5, 0.6) is 0 Å². The summed E-state index contributed by atoms with van der Waals surface area (Å²) >= 11 is 0. The van der Waals surface area contributed by atoms with Gasteiger partial charge in [-0.05, 0) is 36.6 Å². The van der Waals surface area contributed by atoms with Crippen LogP contribution in [0.15, 0.2) is 18.2 Å². The Balaban J connectivity index is 2.16. The van der Waals surface area contributed by atoms with Crippen LogP contribution in [0.2, 0.25) is 0 Å². The number of hydrogen-bond donors (Lipinski definition) is 2. The second kappa shape index (κ2) is 7.41. The highest BCUT2D eigenvalue weighted by Gasteiger charge is 1.99. The predicted molar refractivity (Wildman–Crippen MR) is 70.6 cm³/mol. The summed E-state index contributed by atoms with van der Waals surface area (Å²) in [6.45, 7) is 9.78. The van der Waals surface area contributed by atoms with E-state index in [4.69, 9.17) is 0 Å². The zero-order valence-electron chi connectivity index (χ0n) is 11.0. The van der Waals surface area contributed by atoms with Gasteiger partial charge in [-0.2, -0.15) is 0 Å². The highest BCUT2D eigenvalue weighted by Crippen LogP contribution is 2.08. The Hall–Kier alpha value is -0.930. The van der Waals surface area contributed by atoms with E-state index >= 15 is 0 Å². The van der Waals surface area contributed by atoms with Gasteiger partial charge in [0.1, 0.15) is 5.82 Å². The van der Waals surface area contributed by atoms with Crippen molar-refractivity contribution in [3.8, 4) is 0 Å². The summed E-state index contributed by atoms with van der Waals surface area (Å²) in [5.41, 5.74) is 1.70. The normalized spacial score (nSPS) is 11.1. The van der Waals surface area contributed by atoms with Gasteiger partial charge in [0.25, 0.3) is 0 Å². The first kappa shape index (κ1) is 14.1. The molecule has 0 aromatic heterocycles. The van der Waals surface area contributed by atoms with Gasteiger partial charge in [-0.15, -0.1) is 0 Å². The Morgan fingerprint density at radius 1 is 1.18 bits per heavy atom. The summed E-state index contributed by atoms with van der Waals surface area (Å²) in [6, 6.07) is 5.39. The second-order valence-electron chi connectivity index (χ2n) is 4.86. The highest BCUT2D eigenvalue weighted by molar-refractivity contribution is 5.23. The van der Waals surface area contributed by atoms with Crippen molar-refractivity contribution < 1.29 is 4.39 Å². The molecule has 0 atom stereocenters. The predicted octanol–water partition coefficient (Wildman–Crippen LogP) is 2.47. The van der Waals surface area contributed by atoms with Crippen LogP contribution in [0.1, 0.15) is 25.0 Å². The molecule has 3 heteroatoms. The molecule has 0 heterocycles. The van der Waals surface area contributed by atoms with E-state index in [9.17, 15) is 4.39 Å². The third kappa shape index (κ3) is 5.80. The smallest absolute Gasteiger partial charge is 0.126 e. The second-order valence-corrected chi connectivity index (χ2v) is 4.86. The van der Waals surface area contributed by atoms with Gasteiger partial charge in [0.15, 0.2) is 0 Å². The maximum absolute atomic E-state index is 13.3. The van der Waals surface area contributed by atoms with Crippen LogP contribution in [0.25, 0.3) is 0 Å². The standard InChI is InChI=1S/C14H23FN2/c1-11(2)9-16-6-7-17-10-13-5-4-12(3)14(15)8-13/h4-5,8,11,16-17H,6-7,9-10H2,1-3H3. The minimum atomic E-state index is -0.123. The maximum atomic E-state index is 13.3. The lowest BCUT2D eigenvalue weighted by Crippen LogP contribution is -2.29. The van der Waals surface area contributed by atoms with Crippen LogP contribution in [-0.2, 0) is 6.54 Å². The minimum Gasteiger partial charge on any atom is -0.315 e. The molecule has 0 spiro atoms. The third-order valence-electron chi connectivity index (χ3n) is 2.60. The Kier molecular flexibility index (Phi) is 6.16. The molecule has 0 fully saturated rings. The Labute approximate surface area is 104 Å². The van der Waals surface area contributed by atoms with Crippen molar-refractivity contribution in [2.24, 2.45) is 5.92 Å². The molecule has 1 rings (SSSR count).